The Hall–Kier alpha value is -1.85. The lowest BCUT2D eigenvalue weighted by Crippen LogP contribution is -2.49. The van der Waals surface area contributed by atoms with E-state index in [1.807, 2.05) is 13.8 Å². The van der Waals surface area contributed by atoms with Crippen LogP contribution >= 0.6 is 23.1 Å². The molecule has 1 amide bonds. The van der Waals surface area contributed by atoms with Gasteiger partial charge in [0.25, 0.3) is 5.91 Å². The molecule has 2 aromatic rings. The summed E-state index contributed by atoms with van der Waals surface area (Å²) >= 11 is 2.83. The van der Waals surface area contributed by atoms with Gasteiger partial charge in [-0.05, 0) is 19.1 Å². The second-order valence-electron chi connectivity index (χ2n) is 6.03. The summed E-state index contributed by atoms with van der Waals surface area (Å²) in [5.41, 5.74) is 0.440. The van der Waals surface area contributed by atoms with Crippen molar-refractivity contribution in [3.63, 3.8) is 0 Å². The van der Waals surface area contributed by atoms with Crippen LogP contribution in [0.3, 0.4) is 0 Å². The van der Waals surface area contributed by atoms with Crippen LogP contribution in [0.5, 0.6) is 5.75 Å². The number of ether oxygens (including phenoxy) is 1. The van der Waals surface area contributed by atoms with Crippen molar-refractivity contribution in [3.05, 3.63) is 24.3 Å². The summed E-state index contributed by atoms with van der Waals surface area (Å²) < 4.78 is 32.7. The second-order valence-corrected chi connectivity index (χ2v) is 11.0. The zero-order chi connectivity index (χ0) is 19.6. The monoisotopic (exact) mass is 428 g/mol. The Kier molecular flexibility index (Phi) is 5.92. The first kappa shape index (κ1) is 19.9. The zero-order valence-electron chi connectivity index (χ0n) is 15.1. The Labute approximate surface area is 166 Å². The van der Waals surface area contributed by atoms with Gasteiger partial charge in [0, 0.05) is 5.25 Å². The molecule has 0 aliphatic carbocycles. The topological polar surface area (TPSA) is 101 Å². The van der Waals surface area contributed by atoms with Crippen LogP contribution in [0.4, 0.5) is 10.8 Å². The molecule has 11 heteroatoms. The van der Waals surface area contributed by atoms with Gasteiger partial charge in [-0.25, -0.2) is 8.42 Å². The number of hydrogen-bond acceptors (Lipinski definition) is 8. The molecule has 1 aromatic heterocycles. The Morgan fingerprint density at radius 3 is 2.85 bits per heavy atom. The molecule has 0 bridgehead atoms. The zero-order valence-corrected chi connectivity index (χ0v) is 17.5. The highest BCUT2D eigenvalue weighted by atomic mass is 32.2. The van der Waals surface area contributed by atoms with Gasteiger partial charge in [-0.3, -0.25) is 14.4 Å². The predicted octanol–water partition coefficient (Wildman–Crippen LogP) is 2.59. The fraction of sp³-hybridized carbons (Fsp3) is 0.438. The summed E-state index contributed by atoms with van der Waals surface area (Å²) in [5.74, 6) is -0.172. The van der Waals surface area contributed by atoms with E-state index >= 15 is 0 Å². The van der Waals surface area contributed by atoms with Gasteiger partial charge in [0.15, 0.2) is 10.4 Å². The number of carbonyl (C=O) groups is 1. The van der Waals surface area contributed by atoms with Crippen LogP contribution < -0.4 is 14.4 Å². The third-order valence-corrected chi connectivity index (χ3v) is 7.37. The maximum Gasteiger partial charge on any atom is 0.269 e. The average Bonchev–Trinajstić information content (AvgIpc) is 3.06. The molecule has 0 radical (unpaired) electrons. The molecule has 0 fully saturated rings. The van der Waals surface area contributed by atoms with Crippen LogP contribution in [0.25, 0.3) is 0 Å². The lowest BCUT2D eigenvalue weighted by molar-refractivity contribution is -0.122. The Morgan fingerprint density at radius 2 is 2.15 bits per heavy atom. The highest BCUT2D eigenvalue weighted by molar-refractivity contribution is 8.01. The molecule has 146 valence electrons. The summed E-state index contributed by atoms with van der Waals surface area (Å²) in [4.78, 5) is 12.6. The molecule has 1 N–H and O–H groups in total. The standard InChI is InChI=1S/C16H20N4O4S3/c1-4-27(22,23)20-9-13(24-12-8-6-5-7-11(12)20)14(21)17-15-18-19-16(26-15)25-10(2)3/h5-8,10,13H,4,9H2,1-3H3,(H,17,18,21)/t13-/m0/s1. The van der Waals surface area contributed by atoms with Crippen LogP contribution in [0, 0.1) is 0 Å². The van der Waals surface area contributed by atoms with Crippen molar-refractivity contribution in [2.75, 3.05) is 21.9 Å². The molecule has 1 aromatic carbocycles. The summed E-state index contributed by atoms with van der Waals surface area (Å²) in [6.45, 7) is 5.56. The second kappa shape index (κ2) is 8.03. The summed E-state index contributed by atoms with van der Waals surface area (Å²) in [7, 11) is -3.54. The molecular formula is C16H20N4O4S3. The lowest BCUT2D eigenvalue weighted by atomic mass is 10.2. The van der Waals surface area contributed by atoms with Gasteiger partial charge in [0.2, 0.25) is 15.2 Å². The maximum atomic E-state index is 12.6. The molecule has 0 saturated heterocycles. The number of anilines is 2. The first-order valence-corrected chi connectivity index (χ1v) is 11.7. The third-order valence-electron chi connectivity index (χ3n) is 3.70. The number of nitrogens with zero attached hydrogens (tertiary/aromatic N) is 3. The minimum atomic E-state index is -3.54. The molecule has 1 aliphatic rings. The van der Waals surface area contributed by atoms with Crippen LogP contribution in [0.1, 0.15) is 20.8 Å². The molecule has 1 aliphatic heterocycles. The normalized spacial score (nSPS) is 16.7. The van der Waals surface area contributed by atoms with E-state index in [1.54, 1.807) is 43.0 Å². The molecule has 3 rings (SSSR count). The van der Waals surface area contributed by atoms with E-state index in [9.17, 15) is 13.2 Å². The molecule has 1 atom stereocenters. The van der Waals surface area contributed by atoms with Crippen molar-refractivity contribution in [1.29, 1.82) is 0 Å². The van der Waals surface area contributed by atoms with E-state index in [1.165, 1.54) is 15.6 Å². The van der Waals surface area contributed by atoms with E-state index in [0.29, 0.717) is 21.8 Å². The third kappa shape index (κ3) is 4.53. The first-order valence-electron chi connectivity index (χ1n) is 8.37. The van der Waals surface area contributed by atoms with Crippen LogP contribution in [0.15, 0.2) is 28.6 Å². The van der Waals surface area contributed by atoms with Gasteiger partial charge in [-0.1, -0.05) is 49.1 Å². The molecule has 2 heterocycles. The summed E-state index contributed by atoms with van der Waals surface area (Å²) in [5, 5.41) is 11.4. The fourth-order valence-corrected chi connectivity index (χ4v) is 5.56. The number of amides is 1. The minimum absolute atomic E-state index is 0.0676. The van der Waals surface area contributed by atoms with Gasteiger partial charge >= 0.3 is 0 Å². The number of carbonyl (C=O) groups excluding carboxylic acids is 1. The van der Waals surface area contributed by atoms with Crippen molar-refractivity contribution in [3.8, 4) is 5.75 Å². The Morgan fingerprint density at radius 1 is 1.41 bits per heavy atom. The molecule has 0 spiro atoms. The van der Waals surface area contributed by atoms with E-state index in [2.05, 4.69) is 15.5 Å². The van der Waals surface area contributed by atoms with Crippen molar-refractivity contribution in [2.24, 2.45) is 0 Å². The van der Waals surface area contributed by atoms with Crippen LogP contribution in [-0.2, 0) is 14.8 Å². The van der Waals surface area contributed by atoms with Gasteiger partial charge in [0.1, 0.15) is 5.75 Å². The number of sulfonamides is 1. The average molecular weight is 429 g/mol. The molecule has 8 nitrogen and oxygen atoms in total. The number of fused-ring (bicyclic) bond motifs is 1. The lowest BCUT2D eigenvalue weighted by Gasteiger charge is -2.34. The highest BCUT2D eigenvalue weighted by Gasteiger charge is 2.36. The predicted molar refractivity (Wildman–Crippen MR) is 107 cm³/mol. The maximum absolute atomic E-state index is 12.6. The van der Waals surface area contributed by atoms with E-state index in [-0.39, 0.29) is 12.3 Å². The number of aromatic nitrogens is 2. The number of hydrogen-bond donors (Lipinski definition) is 1. The number of nitrogens with one attached hydrogen (secondary N) is 1. The molecule has 0 unspecified atom stereocenters. The molecule has 0 saturated carbocycles. The van der Waals surface area contributed by atoms with E-state index in [0.717, 1.165) is 4.34 Å². The number of rotatable bonds is 6. The van der Waals surface area contributed by atoms with Gasteiger partial charge in [-0.2, -0.15) is 0 Å². The van der Waals surface area contributed by atoms with E-state index in [4.69, 9.17) is 4.74 Å². The Bertz CT molecular complexity index is 929. The fourth-order valence-electron chi connectivity index (χ4n) is 2.45. The summed E-state index contributed by atoms with van der Waals surface area (Å²) in [6.07, 6.45) is -0.980. The largest absolute Gasteiger partial charge is 0.476 e. The SMILES string of the molecule is CCS(=O)(=O)N1C[C@@H](C(=O)Nc2nnc(SC(C)C)s2)Oc2ccccc21. The molecule has 27 heavy (non-hydrogen) atoms. The van der Waals surface area contributed by atoms with Gasteiger partial charge in [-0.15, -0.1) is 10.2 Å². The van der Waals surface area contributed by atoms with Gasteiger partial charge < -0.3 is 4.74 Å². The van der Waals surface area contributed by atoms with Crippen LogP contribution in [-0.4, -0.2) is 48.2 Å². The molecular weight excluding hydrogens is 408 g/mol. The highest BCUT2D eigenvalue weighted by Crippen LogP contribution is 2.35. The van der Waals surface area contributed by atoms with Gasteiger partial charge in [0.05, 0.1) is 18.0 Å². The Balaban J connectivity index is 1.79. The summed E-state index contributed by atoms with van der Waals surface area (Å²) in [6, 6.07) is 6.78. The van der Waals surface area contributed by atoms with E-state index < -0.39 is 22.0 Å². The number of para-hydroxylation sites is 2. The quantitative estimate of drug-likeness (QED) is 0.557. The first-order chi connectivity index (χ1) is 12.8. The van der Waals surface area contributed by atoms with Crippen molar-refractivity contribution >= 4 is 49.8 Å². The van der Waals surface area contributed by atoms with Crippen molar-refractivity contribution in [2.45, 2.75) is 36.5 Å². The smallest absolute Gasteiger partial charge is 0.269 e. The van der Waals surface area contributed by atoms with Crippen molar-refractivity contribution < 1.29 is 17.9 Å². The van der Waals surface area contributed by atoms with Crippen molar-refractivity contribution in [1.82, 2.24) is 10.2 Å². The minimum Gasteiger partial charge on any atom is -0.476 e. The van der Waals surface area contributed by atoms with Crippen LogP contribution in [0.2, 0.25) is 0 Å². The number of thioether (sulfide) groups is 1. The number of benzene rings is 1.